The summed E-state index contributed by atoms with van der Waals surface area (Å²) in [5, 5.41) is 3.06. The zero-order valence-corrected chi connectivity index (χ0v) is 14.8. The lowest BCUT2D eigenvalue weighted by molar-refractivity contribution is -0.117. The van der Waals surface area contributed by atoms with Gasteiger partial charge in [-0.05, 0) is 63.3 Å². The van der Waals surface area contributed by atoms with Gasteiger partial charge in [0.15, 0.2) is 0 Å². The van der Waals surface area contributed by atoms with E-state index in [1.54, 1.807) is 4.90 Å². The Morgan fingerprint density at radius 3 is 2.71 bits per heavy atom. The van der Waals surface area contributed by atoms with E-state index in [0.717, 1.165) is 25.1 Å². The van der Waals surface area contributed by atoms with Gasteiger partial charge in [-0.15, -0.1) is 0 Å². The zero-order chi connectivity index (χ0) is 17.3. The molecule has 0 spiro atoms. The molecule has 0 saturated carbocycles. The molecule has 5 nitrogen and oxygen atoms in total. The molecule has 1 aromatic carbocycles. The lowest BCUT2D eigenvalue weighted by Crippen LogP contribution is -2.50. The summed E-state index contributed by atoms with van der Waals surface area (Å²) in [5.74, 6) is 0.0789. The van der Waals surface area contributed by atoms with E-state index < -0.39 is 0 Å². The number of urea groups is 1. The molecule has 2 aliphatic heterocycles. The summed E-state index contributed by atoms with van der Waals surface area (Å²) in [6, 6.07) is 6.22. The standard InChI is InChI=1S/C19H27N3O2/c1-13-7-8-17(10-14(13)2)22-12-16(11-18(22)23)20-19(24)21-9-5-4-6-15(21)3/h7-8,10,15-16H,4-6,9,11-12H2,1-3H3,(H,20,24)/t15-,16-/m0/s1. The minimum Gasteiger partial charge on any atom is -0.333 e. The van der Waals surface area contributed by atoms with Crippen LogP contribution in [-0.4, -0.2) is 42.0 Å². The Labute approximate surface area is 144 Å². The van der Waals surface area contributed by atoms with Crippen LogP contribution in [0.25, 0.3) is 0 Å². The van der Waals surface area contributed by atoms with E-state index >= 15 is 0 Å². The number of anilines is 1. The van der Waals surface area contributed by atoms with Crippen molar-refractivity contribution in [3.63, 3.8) is 0 Å². The molecule has 2 fully saturated rings. The highest BCUT2D eigenvalue weighted by Crippen LogP contribution is 2.24. The van der Waals surface area contributed by atoms with Gasteiger partial charge in [0, 0.05) is 31.2 Å². The lowest BCUT2D eigenvalue weighted by Gasteiger charge is -2.34. The maximum absolute atomic E-state index is 12.5. The fraction of sp³-hybridized carbons (Fsp3) is 0.579. The molecule has 2 heterocycles. The molecule has 0 aromatic heterocycles. The Morgan fingerprint density at radius 2 is 2.00 bits per heavy atom. The molecule has 0 unspecified atom stereocenters. The number of rotatable bonds is 2. The monoisotopic (exact) mass is 329 g/mol. The number of nitrogens with one attached hydrogen (secondary N) is 1. The van der Waals surface area contributed by atoms with Crippen LogP contribution in [-0.2, 0) is 4.79 Å². The average molecular weight is 329 g/mol. The van der Waals surface area contributed by atoms with Gasteiger partial charge in [-0.3, -0.25) is 4.79 Å². The second-order valence-corrected chi connectivity index (χ2v) is 7.16. The molecule has 1 aromatic rings. The number of hydrogen-bond acceptors (Lipinski definition) is 2. The van der Waals surface area contributed by atoms with E-state index in [0.29, 0.717) is 13.0 Å². The first-order valence-electron chi connectivity index (χ1n) is 8.90. The van der Waals surface area contributed by atoms with Crippen molar-refractivity contribution in [3.8, 4) is 0 Å². The SMILES string of the molecule is Cc1ccc(N2C[C@@H](NC(=O)N3CCCC[C@@H]3C)CC2=O)cc1C. The third-order valence-electron chi connectivity index (χ3n) is 5.32. The number of likely N-dealkylation sites (tertiary alicyclic amines) is 1. The number of carbonyl (C=O) groups excluding carboxylic acids is 2. The van der Waals surface area contributed by atoms with Crippen molar-refractivity contribution in [2.24, 2.45) is 0 Å². The number of nitrogens with zero attached hydrogens (tertiary/aromatic N) is 2. The average Bonchev–Trinajstić information content (AvgIpc) is 2.91. The van der Waals surface area contributed by atoms with Crippen molar-refractivity contribution in [1.29, 1.82) is 0 Å². The van der Waals surface area contributed by atoms with Crippen LogP contribution >= 0.6 is 0 Å². The Hall–Kier alpha value is -2.04. The Balaban J connectivity index is 1.64. The summed E-state index contributed by atoms with van der Waals surface area (Å²) in [4.78, 5) is 28.6. The highest BCUT2D eigenvalue weighted by molar-refractivity contribution is 5.97. The number of benzene rings is 1. The molecule has 2 aliphatic rings. The summed E-state index contributed by atoms with van der Waals surface area (Å²) in [6.45, 7) is 7.58. The first kappa shape index (κ1) is 16.8. The van der Waals surface area contributed by atoms with Gasteiger partial charge in [-0.2, -0.15) is 0 Å². The molecule has 2 atom stereocenters. The summed E-state index contributed by atoms with van der Waals surface area (Å²) in [6.07, 6.45) is 3.69. The van der Waals surface area contributed by atoms with Crippen LogP contribution in [0.2, 0.25) is 0 Å². The van der Waals surface area contributed by atoms with Gasteiger partial charge in [0.05, 0.1) is 6.04 Å². The predicted octanol–water partition coefficient (Wildman–Crippen LogP) is 2.99. The molecule has 0 bridgehead atoms. The first-order chi connectivity index (χ1) is 11.5. The molecular formula is C19H27N3O2. The van der Waals surface area contributed by atoms with E-state index in [-0.39, 0.29) is 24.0 Å². The highest BCUT2D eigenvalue weighted by atomic mass is 16.2. The molecule has 1 N–H and O–H groups in total. The number of piperidine rings is 1. The molecule has 0 aliphatic carbocycles. The summed E-state index contributed by atoms with van der Waals surface area (Å²) in [5.41, 5.74) is 3.32. The highest BCUT2D eigenvalue weighted by Gasteiger charge is 2.33. The van der Waals surface area contributed by atoms with Gasteiger partial charge in [0.2, 0.25) is 5.91 Å². The van der Waals surface area contributed by atoms with E-state index in [4.69, 9.17) is 0 Å². The quantitative estimate of drug-likeness (QED) is 0.907. The van der Waals surface area contributed by atoms with Gasteiger partial charge in [0.25, 0.3) is 0 Å². The number of carbonyl (C=O) groups is 2. The van der Waals surface area contributed by atoms with Gasteiger partial charge >= 0.3 is 6.03 Å². The molecule has 3 amide bonds. The second kappa shape index (κ2) is 6.83. The summed E-state index contributed by atoms with van der Waals surface area (Å²) in [7, 11) is 0. The summed E-state index contributed by atoms with van der Waals surface area (Å²) < 4.78 is 0. The maximum Gasteiger partial charge on any atom is 0.317 e. The van der Waals surface area contributed by atoms with Gasteiger partial charge in [-0.1, -0.05) is 6.07 Å². The topological polar surface area (TPSA) is 52.7 Å². The van der Waals surface area contributed by atoms with Gasteiger partial charge in [-0.25, -0.2) is 4.79 Å². The third-order valence-corrected chi connectivity index (χ3v) is 5.32. The minimum absolute atomic E-state index is 0.0260. The largest absolute Gasteiger partial charge is 0.333 e. The Bertz CT molecular complexity index is 643. The van der Waals surface area contributed by atoms with Crippen LogP contribution in [0.4, 0.5) is 10.5 Å². The van der Waals surface area contributed by atoms with Crippen LogP contribution in [0, 0.1) is 13.8 Å². The molecule has 5 heteroatoms. The van der Waals surface area contributed by atoms with Gasteiger partial charge < -0.3 is 15.1 Å². The van der Waals surface area contributed by atoms with Crippen molar-refractivity contribution in [2.75, 3.05) is 18.0 Å². The number of hydrogen-bond donors (Lipinski definition) is 1. The third kappa shape index (κ3) is 3.40. The van der Waals surface area contributed by atoms with E-state index in [1.165, 1.54) is 17.5 Å². The van der Waals surface area contributed by atoms with Crippen molar-refractivity contribution in [3.05, 3.63) is 29.3 Å². The molecule has 24 heavy (non-hydrogen) atoms. The van der Waals surface area contributed by atoms with E-state index in [9.17, 15) is 9.59 Å². The van der Waals surface area contributed by atoms with E-state index in [1.807, 2.05) is 23.1 Å². The molecule has 3 rings (SSSR count). The van der Waals surface area contributed by atoms with Crippen molar-refractivity contribution in [2.45, 2.75) is 58.5 Å². The lowest BCUT2D eigenvalue weighted by atomic mass is 10.0. The molecular weight excluding hydrogens is 302 g/mol. The maximum atomic E-state index is 12.5. The normalized spacial score (nSPS) is 24.4. The fourth-order valence-corrected chi connectivity index (χ4v) is 3.60. The Kier molecular flexibility index (Phi) is 4.78. The predicted molar refractivity (Wildman–Crippen MR) is 95.2 cm³/mol. The molecule has 0 radical (unpaired) electrons. The number of amides is 3. The Morgan fingerprint density at radius 1 is 1.21 bits per heavy atom. The van der Waals surface area contributed by atoms with Crippen molar-refractivity contribution < 1.29 is 9.59 Å². The van der Waals surface area contributed by atoms with Crippen LogP contribution < -0.4 is 10.2 Å². The van der Waals surface area contributed by atoms with Crippen LogP contribution in [0.15, 0.2) is 18.2 Å². The van der Waals surface area contributed by atoms with Crippen LogP contribution in [0.1, 0.15) is 43.7 Å². The second-order valence-electron chi connectivity index (χ2n) is 7.16. The molecule has 130 valence electrons. The minimum atomic E-state index is -0.110. The van der Waals surface area contributed by atoms with Gasteiger partial charge in [0.1, 0.15) is 0 Å². The smallest absolute Gasteiger partial charge is 0.317 e. The van der Waals surface area contributed by atoms with Crippen molar-refractivity contribution in [1.82, 2.24) is 10.2 Å². The van der Waals surface area contributed by atoms with Crippen LogP contribution in [0.3, 0.4) is 0 Å². The molecule has 2 saturated heterocycles. The number of aryl methyl sites for hydroxylation is 2. The first-order valence-corrected chi connectivity index (χ1v) is 8.90. The zero-order valence-electron chi connectivity index (χ0n) is 14.8. The van der Waals surface area contributed by atoms with E-state index in [2.05, 4.69) is 26.1 Å². The fourth-order valence-electron chi connectivity index (χ4n) is 3.60. The summed E-state index contributed by atoms with van der Waals surface area (Å²) >= 11 is 0. The van der Waals surface area contributed by atoms with Crippen molar-refractivity contribution >= 4 is 17.6 Å². The van der Waals surface area contributed by atoms with Crippen LogP contribution in [0.5, 0.6) is 0 Å².